The fourth-order valence-corrected chi connectivity index (χ4v) is 2.32. The summed E-state index contributed by atoms with van der Waals surface area (Å²) in [7, 11) is 0. The molecule has 15 heavy (non-hydrogen) atoms. The lowest BCUT2D eigenvalue weighted by Crippen LogP contribution is -2.39. The molecule has 1 aliphatic carbocycles. The first-order chi connectivity index (χ1) is 7.27. The molecule has 1 heterocycles. The zero-order valence-corrected chi connectivity index (χ0v) is 9.08. The van der Waals surface area contributed by atoms with Crippen molar-refractivity contribution in [2.75, 3.05) is 13.2 Å². The van der Waals surface area contributed by atoms with Crippen LogP contribution in [0.1, 0.15) is 24.8 Å². The van der Waals surface area contributed by atoms with E-state index >= 15 is 0 Å². The summed E-state index contributed by atoms with van der Waals surface area (Å²) in [5.74, 6) is 1.82. The maximum Gasteiger partial charge on any atom is 0.161 e. The molecular weight excluding hydrogens is 188 g/mol. The highest BCUT2D eigenvalue weighted by Crippen LogP contribution is 2.45. The summed E-state index contributed by atoms with van der Waals surface area (Å²) in [6, 6.07) is 6.15. The van der Waals surface area contributed by atoms with E-state index in [1.807, 2.05) is 6.07 Å². The van der Waals surface area contributed by atoms with Crippen LogP contribution in [0.3, 0.4) is 0 Å². The van der Waals surface area contributed by atoms with E-state index in [0.29, 0.717) is 5.41 Å². The van der Waals surface area contributed by atoms with Gasteiger partial charge in [-0.25, -0.2) is 0 Å². The van der Waals surface area contributed by atoms with Crippen molar-refractivity contribution in [3.63, 3.8) is 0 Å². The van der Waals surface area contributed by atoms with E-state index in [0.717, 1.165) is 24.7 Å². The Kier molecular flexibility index (Phi) is 1.91. The first-order valence-electron chi connectivity index (χ1n) is 5.64. The van der Waals surface area contributed by atoms with Crippen LogP contribution in [0.4, 0.5) is 0 Å². The zero-order valence-electron chi connectivity index (χ0n) is 9.08. The maximum atomic E-state index is 5.86. The average Bonchev–Trinajstić information content (AvgIpc) is 2.36. The smallest absolute Gasteiger partial charge is 0.161 e. The highest BCUT2D eigenvalue weighted by Gasteiger charge is 2.40. The van der Waals surface area contributed by atoms with E-state index in [4.69, 9.17) is 9.47 Å². The molecule has 0 N–H and O–H groups in total. The van der Waals surface area contributed by atoms with Gasteiger partial charge in [0.05, 0.1) is 13.2 Å². The second-order valence-electron chi connectivity index (χ2n) is 4.88. The number of aryl methyl sites for hydroxylation is 1. The van der Waals surface area contributed by atoms with E-state index in [2.05, 4.69) is 19.1 Å². The van der Waals surface area contributed by atoms with Gasteiger partial charge in [-0.3, -0.25) is 0 Å². The normalized spacial score (nSPS) is 21.9. The SMILES string of the molecule is Cc1ccc2c(c1)OCC1(CCC1)CO2. The monoisotopic (exact) mass is 204 g/mol. The Balaban J connectivity index is 1.88. The lowest BCUT2D eigenvalue weighted by atomic mass is 9.70. The predicted molar refractivity (Wildman–Crippen MR) is 58.5 cm³/mol. The van der Waals surface area contributed by atoms with Crippen molar-refractivity contribution in [2.24, 2.45) is 5.41 Å². The van der Waals surface area contributed by atoms with Crippen molar-refractivity contribution >= 4 is 0 Å². The lowest BCUT2D eigenvalue weighted by molar-refractivity contribution is 0.0268. The highest BCUT2D eigenvalue weighted by atomic mass is 16.5. The molecular formula is C13H16O2. The topological polar surface area (TPSA) is 18.5 Å². The van der Waals surface area contributed by atoms with Gasteiger partial charge in [0.25, 0.3) is 0 Å². The summed E-state index contributed by atoms with van der Waals surface area (Å²) in [6.45, 7) is 3.72. The second-order valence-corrected chi connectivity index (χ2v) is 4.88. The van der Waals surface area contributed by atoms with E-state index < -0.39 is 0 Å². The Labute approximate surface area is 90.2 Å². The van der Waals surface area contributed by atoms with Crippen LogP contribution >= 0.6 is 0 Å². The van der Waals surface area contributed by atoms with Crippen LogP contribution in [-0.4, -0.2) is 13.2 Å². The van der Waals surface area contributed by atoms with Crippen LogP contribution in [0.2, 0.25) is 0 Å². The highest BCUT2D eigenvalue weighted by molar-refractivity contribution is 5.43. The molecule has 1 aliphatic heterocycles. The van der Waals surface area contributed by atoms with E-state index in [1.54, 1.807) is 0 Å². The van der Waals surface area contributed by atoms with Gasteiger partial charge >= 0.3 is 0 Å². The van der Waals surface area contributed by atoms with Crippen molar-refractivity contribution < 1.29 is 9.47 Å². The van der Waals surface area contributed by atoms with Crippen LogP contribution in [0.15, 0.2) is 18.2 Å². The molecule has 2 heteroatoms. The van der Waals surface area contributed by atoms with Gasteiger partial charge in [-0.15, -0.1) is 0 Å². The summed E-state index contributed by atoms with van der Waals surface area (Å²) < 4.78 is 11.7. The molecule has 80 valence electrons. The minimum Gasteiger partial charge on any atom is -0.489 e. The molecule has 0 saturated heterocycles. The summed E-state index contributed by atoms with van der Waals surface area (Å²) in [6.07, 6.45) is 3.82. The molecule has 0 bridgehead atoms. The Morgan fingerprint density at radius 3 is 2.47 bits per heavy atom. The number of rotatable bonds is 0. The largest absolute Gasteiger partial charge is 0.489 e. The third-order valence-electron chi connectivity index (χ3n) is 3.58. The third kappa shape index (κ3) is 1.48. The van der Waals surface area contributed by atoms with Crippen molar-refractivity contribution in [1.29, 1.82) is 0 Å². The molecule has 0 radical (unpaired) electrons. The van der Waals surface area contributed by atoms with Crippen molar-refractivity contribution in [2.45, 2.75) is 26.2 Å². The Bertz CT molecular complexity index is 380. The van der Waals surface area contributed by atoms with Gasteiger partial charge in [-0.05, 0) is 37.5 Å². The Hall–Kier alpha value is -1.18. The van der Waals surface area contributed by atoms with Crippen LogP contribution in [0.25, 0.3) is 0 Å². The molecule has 2 aliphatic rings. The molecule has 1 aromatic carbocycles. The van der Waals surface area contributed by atoms with Gasteiger partial charge in [0.2, 0.25) is 0 Å². The van der Waals surface area contributed by atoms with E-state index in [9.17, 15) is 0 Å². The van der Waals surface area contributed by atoms with Crippen LogP contribution < -0.4 is 9.47 Å². The van der Waals surface area contributed by atoms with Crippen molar-refractivity contribution in [1.82, 2.24) is 0 Å². The summed E-state index contributed by atoms with van der Waals surface area (Å²) in [5.41, 5.74) is 1.54. The van der Waals surface area contributed by atoms with E-state index in [1.165, 1.54) is 24.8 Å². The Morgan fingerprint density at radius 2 is 1.80 bits per heavy atom. The first kappa shape index (κ1) is 9.08. The Morgan fingerprint density at radius 1 is 1.07 bits per heavy atom. The minimum atomic E-state index is 0.312. The van der Waals surface area contributed by atoms with Crippen molar-refractivity contribution in [3.05, 3.63) is 23.8 Å². The zero-order chi connectivity index (χ0) is 10.3. The molecule has 3 rings (SSSR count). The number of fused-ring (bicyclic) bond motifs is 1. The number of benzene rings is 1. The van der Waals surface area contributed by atoms with Gasteiger partial charge < -0.3 is 9.47 Å². The van der Waals surface area contributed by atoms with Crippen molar-refractivity contribution in [3.8, 4) is 11.5 Å². The van der Waals surface area contributed by atoms with E-state index in [-0.39, 0.29) is 0 Å². The molecule has 0 unspecified atom stereocenters. The molecule has 1 spiro atoms. The van der Waals surface area contributed by atoms with Gasteiger partial charge in [-0.1, -0.05) is 12.5 Å². The number of hydrogen-bond acceptors (Lipinski definition) is 2. The average molecular weight is 204 g/mol. The van der Waals surface area contributed by atoms with Crippen LogP contribution in [0, 0.1) is 12.3 Å². The third-order valence-corrected chi connectivity index (χ3v) is 3.58. The summed E-state index contributed by atoms with van der Waals surface area (Å²) >= 11 is 0. The molecule has 2 nitrogen and oxygen atoms in total. The lowest BCUT2D eigenvalue weighted by Gasteiger charge is -2.39. The second kappa shape index (κ2) is 3.16. The van der Waals surface area contributed by atoms with Gasteiger partial charge in [0, 0.05) is 5.41 Å². The molecule has 0 amide bonds. The fourth-order valence-electron chi connectivity index (χ4n) is 2.32. The fraction of sp³-hybridized carbons (Fsp3) is 0.538. The molecule has 1 fully saturated rings. The number of ether oxygens (including phenoxy) is 2. The molecule has 1 saturated carbocycles. The quantitative estimate of drug-likeness (QED) is 0.647. The van der Waals surface area contributed by atoms with Gasteiger partial charge in [-0.2, -0.15) is 0 Å². The summed E-state index contributed by atoms with van der Waals surface area (Å²) in [4.78, 5) is 0. The molecule has 0 atom stereocenters. The predicted octanol–water partition coefficient (Wildman–Crippen LogP) is 2.94. The van der Waals surface area contributed by atoms with Crippen LogP contribution in [0.5, 0.6) is 11.5 Å². The number of hydrogen-bond donors (Lipinski definition) is 0. The minimum absolute atomic E-state index is 0.312. The molecule has 0 aromatic heterocycles. The van der Waals surface area contributed by atoms with Crippen LogP contribution in [-0.2, 0) is 0 Å². The standard InChI is InChI=1S/C13H16O2/c1-10-3-4-11-12(7-10)15-9-13(8-14-11)5-2-6-13/h3-4,7H,2,5-6,8-9H2,1H3. The maximum absolute atomic E-state index is 5.86. The molecule has 1 aromatic rings. The first-order valence-corrected chi connectivity index (χ1v) is 5.64. The van der Waals surface area contributed by atoms with Gasteiger partial charge in [0.1, 0.15) is 0 Å². The van der Waals surface area contributed by atoms with Gasteiger partial charge in [0.15, 0.2) is 11.5 Å². The summed E-state index contributed by atoms with van der Waals surface area (Å²) in [5, 5.41) is 0.